The molecule has 0 unspecified atom stereocenters. The van der Waals surface area contributed by atoms with Crippen molar-refractivity contribution in [3.05, 3.63) is 49.1 Å². The van der Waals surface area contributed by atoms with Gasteiger partial charge in [-0.1, -0.05) is 36.4 Å². The number of esters is 1. The lowest BCUT2D eigenvalue weighted by molar-refractivity contribution is -0.154. The second-order valence-electron chi connectivity index (χ2n) is 5.89. The third-order valence-corrected chi connectivity index (χ3v) is 2.85. The van der Waals surface area contributed by atoms with Gasteiger partial charge in [0.25, 0.3) is 0 Å². The molecule has 0 heterocycles. The van der Waals surface area contributed by atoms with Crippen molar-refractivity contribution in [1.82, 2.24) is 0 Å². The van der Waals surface area contributed by atoms with Crippen molar-refractivity contribution in [2.24, 2.45) is 0 Å². The molecular weight excluding hydrogens is 264 g/mol. The zero-order chi connectivity index (χ0) is 15.3. The molecule has 2 aromatic rings. The van der Waals surface area contributed by atoms with E-state index in [4.69, 9.17) is 9.47 Å². The van der Waals surface area contributed by atoms with Crippen LogP contribution in [0.2, 0.25) is 0 Å². The van der Waals surface area contributed by atoms with E-state index in [0.717, 1.165) is 16.5 Å². The van der Waals surface area contributed by atoms with Crippen LogP contribution >= 0.6 is 0 Å². The fraction of sp³-hybridized carbons (Fsp3) is 0.333. The van der Waals surface area contributed by atoms with Gasteiger partial charge in [0.15, 0.2) is 0 Å². The van der Waals surface area contributed by atoms with E-state index in [1.54, 1.807) is 6.61 Å². The molecule has 2 aromatic carbocycles. The Kier molecular flexibility index (Phi) is 4.84. The Morgan fingerprint density at radius 3 is 2.57 bits per heavy atom. The molecule has 0 aromatic heterocycles. The van der Waals surface area contributed by atoms with Crippen LogP contribution in [0, 0.1) is 6.61 Å². The van der Waals surface area contributed by atoms with Crippen LogP contribution in [0.15, 0.2) is 42.5 Å². The third kappa shape index (κ3) is 4.78. The Bertz CT molecular complexity index is 606. The predicted molar refractivity (Wildman–Crippen MR) is 84.0 cm³/mol. The molecule has 3 nitrogen and oxygen atoms in total. The quantitative estimate of drug-likeness (QED) is 0.599. The Hall–Kier alpha value is -2.03. The summed E-state index contributed by atoms with van der Waals surface area (Å²) in [5, 5.41) is 2.20. The number of carbonyl (C=O) groups excluding carboxylic acids is 1. The van der Waals surface area contributed by atoms with E-state index in [-0.39, 0.29) is 5.97 Å². The summed E-state index contributed by atoms with van der Waals surface area (Å²) in [6, 6.07) is 14.0. The Morgan fingerprint density at radius 2 is 1.81 bits per heavy atom. The molecule has 0 N–H and O–H groups in total. The van der Waals surface area contributed by atoms with Gasteiger partial charge in [-0.2, -0.15) is 0 Å². The van der Waals surface area contributed by atoms with Crippen molar-refractivity contribution in [3.63, 3.8) is 0 Å². The second kappa shape index (κ2) is 6.61. The third-order valence-electron chi connectivity index (χ3n) is 2.85. The summed E-state index contributed by atoms with van der Waals surface area (Å²) in [5.41, 5.74) is -0.437. The van der Waals surface area contributed by atoms with Crippen LogP contribution in [0.1, 0.15) is 33.6 Å². The first kappa shape index (κ1) is 15.4. The summed E-state index contributed by atoms with van der Waals surface area (Å²) in [6.07, 6.45) is 0.847. The van der Waals surface area contributed by atoms with Crippen LogP contribution in [0.5, 0.6) is 5.75 Å². The molecule has 0 bridgehead atoms. The van der Waals surface area contributed by atoms with Crippen molar-refractivity contribution in [3.8, 4) is 5.75 Å². The van der Waals surface area contributed by atoms with Crippen LogP contribution in [0.3, 0.4) is 0 Å². The highest BCUT2D eigenvalue weighted by atomic mass is 16.6. The van der Waals surface area contributed by atoms with Crippen molar-refractivity contribution in [2.45, 2.75) is 39.2 Å². The van der Waals surface area contributed by atoms with E-state index < -0.39 is 5.60 Å². The molecule has 0 spiro atoms. The lowest BCUT2D eigenvalue weighted by Gasteiger charge is -2.19. The molecule has 0 fully saturated rings. The molecule has 3 heteroatoms. The highest BCUT2D eigenvalue weighted by molar-refractivity contribution is 5.88. The van der Waals surface area contributed by atoms with Gasteiger partial charge < -0.3 is 9.47 Å². The summed E-state index contributed by atoms with van der Waals surface area (Å²) in [4.78, 5) is 11.6. The van der Waals surface area contributed by atoms with Gasteiger partial charge in [0.05, 0.1) is 0 Å². The van der Waals surface area contributed by atoms with Gasteiger partial charge in [0, 0.05) is 11.8 Å². The van der Waals surface area contributed by atoms with Crippen molar-refractivity contribution >= 4 is 16.7 Å². The Balaban J connectivity index is 1.84. The predicted octanol–water partition coefficient (Wildman–Crippen LogP) is 4.50. The minimum Gasteiger partial charge on any atom is -0.486 e. The highest BCUT2D eigenvalue weighted by Gasteiger charge is 2.15. The fourth-order valence-electron chi connectivity index (χ4n) is 2.02. The number of fused-ring (bicyclic) bond motifs is 1. The van der Waals surface area contributed by atoms with Gasteiger partial charge in [-0.15, -0.1) is 0 Å². The van der Waals surface area contributed by atoms with Gasteiger partial charge in [-0.05, 0) is 38.6 Å². The van der Waals surface area contributed by atoms with Crippen LogP contribution < -0.4 is 4.74 Å². The van der Waals surface area contributed by atoms with Gasteiger partial charge in [-0.25, -0.2) is 0 Å². The maximum atomic E-state index is 11.6. The Labute approximate surface area is 125 Å². The van der Waals surface area contributed by atoms with E-state index in [2.05, 4.69) is 0 Å². The Morgan fingerprint density at radius 1 is 1.10 bits per heavy atom. The molecule has 0 amide bonds. The minimum atomic E-state index is -0.437. The average Bonchev–Trinajstić information content (AvgIpc) is 2.42. The highest BCUT2D eigenvalue weighted by Crippen LogP contribution is 2.26. The number of rotatable bonds is 5. The molecular formula is C18H21O3. The molecule has 1 radical (unpaired) electrons. The maximum absolute atomic E-state index is 11.6. The average molecular weight is 285 g/mol. The summed E-state index contributed by atoms with van der Waals surface area (Å²) in [5.74, 6) is 0.595. The summed E-state index contributed by atoms with van der Waals surface area (Å²) < 4.78 is 10.9. The van der Waals surface area contributed by atoms with Crippen LogP contribution in [-0.4, -0.2) is 11.6 Å². The largest absolute Gasteiger partial charge is 0.486 e. The molecule has 0 saturated carbocycles. The molecule has 0 aliphatic rings. The van der Waals surface area contributed by atoms with Gasteiger partial charge in [0.2, 0.25) is 0 Å². The van der Waals surface area contributed by atoms with E-state index in [1.807, 2.05) is 63.2 Å². The van der Waals surface area contributed by atoms with Crippen molar-refractivity contribution < 1.29 is 14.3 Å². The molecule has 21 heavy (non-hydrogen) atoms. The first-order valence-electron chi connectivity index (χ1n) is 7.14. The number of hydrogen-bond donors (Lipinski definition) is 0. The minimum absolute atomic E-state index is 0.208. The molecule has 0 aliphatic carbocycles. The molecule has 111 valence electrons. The SMILES string of the molecule is CC(C)(C)OC(=O)CC[CH]Oc1cccc2ccccc12. The van der Waals surface area contributed by atoms with Gasteiger partial charge in [-0.3, -0.25) is 4.79 Å². The topological polar surface area (TPSA) is 35.5 Å². The monoisotopic (exact) mass is 285 g/mol. The maximum Gasteiger partial charge on any atom is 0.306 e. The smallest absolute Gasteiger partial charge is 0.306 e. The number of hydrogen-bond acceptors (Lipinski definition) is 3. The van der Waals surface area contributed by atoms with E-state index >= 15 is 0 Å². The number of carbonyl (C=O) groups is 1. The zero-order valence-electron chi connectivity index (χ0n) is 12.8. The normalized spacial score (nSPS) is 11.4. The van der Waals surface area contributed by atoms with E-state index in [0.29, 0.717) is 12.8 Å². The van der Waals surface area contributed by atoms with E-state index in [1.165, 1.54) is 0 Å². The van der Waals surface area contributed by atoms with Gasteiger partial charge >= 0.3 is 5.97 Å². The first-order valence-corrected chi connectivity index (χ1v) is 7.14. The standard InChI is InChI=1S/C18H21O3/c1-18(2,3)21-17(19)12-7-13-20-16-11-6-9-14-8-4-5-10-15(14)16/h4-6,8-11,13H,7,12H2,1-3H3. The van der Waals surface area contributed by atoms with Crippen LogP contribution in [0.4, 0.5) is 0 Å². The van der Waals surface area contributed by atoms with Gasteiger partial charge in [0.1, 0.15) is 18.0 Å². The molecule has 0 saturated heterocycles. The molecule has 2 rings (SSSR count). The summed E-state index contributed by atoms with van der Waals surface area (Å²) in [7, 11) is 0. The molecule has 0 atom stereocenters. The van der Waals surface area contributed by atoms with Crippen LogP contribution in [0.25, 0.3) is 10.8 Å². The zero-order valence-corrected chi connectivity index (χ0v) is 12.8. The van der Waals surface area contributed by atoms with E-state index in [9.17, 15) is 4.79 Å². The number of ether oxygens (including phenoxy) is 2. The second-order valence-corrected chi connectivity index (χ2v) is 5.89. The summed E-state index contributed by atoms with van der Waals surface area (Å²) in [6.45, 7) is 7.25. The first-order chi connectivity index (χ1) is 9.96. The van der Waals surface area contributed by atoms with Crippen molar-refractivity contribution in [2.75, 3.05) is 0 Å². The summed E-state index contributed by atoms with van der Waals surface area (Å²) >= 11 is 0. The fourth-order valence-corrected chi connectivity index (χ4v) is 2.02. The van der Waals surface area contributed by atoms with Crippen LogP contribution in [-0.2, 0) is 9.53 Å². The molecule has 0 aliphatic heterocycles. The number of benzene rings is 2. The lowest BCUT2D eigenvalue weighted by atomic mass is 10.1. The lowest BCUT2D eigenvalue weighted by Crippen LogP contribution is -2.23. The van der Waals surface area contributed by atoms with Crippen molar-refractivity contribution in [1.29, 1.82) is 0 Å².